The van der Waals surface area contributed by atoms with Crippen LogP contribution in [0.15, 0.2) is 0 Å². The first-order chi connectivity index (χ1) is 2.77. The summed E-state index contributed by atoms with van der Waals surface area (Å²) >= 11 is 0. The lowest BCUT2D eigenvalue weighted by molar-refractivity contribution is 0.350. The summed E-state index contributed by atoms with van der Waals surface area (Å²) in [6, 6.07) is 0. The zero-order valence-corrected chi connectivity index (χ0v) is 5.85. The molecular formula is C4H12OSi. The third-order valence-electron chi connectivity index (χ3n) is 0.500. The van der Waals surface area contributed by atoms with Gasteiger partial charge in [0.15, 0.2) is 9.04 Å². The van der Waals surface area contributed by atoms with E-state index in [9.17, 15) is 0 Å². The summed E-state index contributed by atoms with van der Waals surface area (Å²) in [6.07, 6.45) is 0. The Bertz CT molecular complexity index is 28.7. The van der Waals surface area contributed by atoms with Gasteiger partial charge >= 0.3 is 0 Å². The van der Waals surface area contributed by atoms with Gasteiger partial charge in [0, 0.05) is 6.61 Å². The Kier molecular flexibility index (Phi) is 3.47. The highest BCUT2D eigenvalue weighted by atomic mass is 28.3. The fourth-order valence-corrected chi connectivity index (χ4v) is 1.00. The van der Waals surface area contributed by atoms with Crippen molar-refractivity contribution >= 4 is 9.04 Å². The molecule has 0 aliphatic rings. The number of hydrogen-bond donors (Lipinski definition) is 0. The molecule has 0 spiro atoms. The van der Waals surface area contributed by atoms with Crippen molar-refractivity contribution in [3.63, 3.8) is 0 Å². The van der Waals surface area contributed by atoms with Crippen LogP contribution in [0.4, 0.5) is 0 Å². The number of hydrogen-bond acceptors (Lipinski definition) is 1. The summed E-state index contributed by atoms with van der Waals surface area (Å²) in [4.78, 5) is 0. The standard InChI is InChI=1S/C4H12OSi/c1-4-5-6(2)3/h6H,4H2,1-3H3. The second kappa shape index (κ2) is 3.37. The van der Waals surface area contributed by atoms with Crippen molar-refractivity contribution in [3.05, 3.63) is 0 Å². The predicted molar refractivity (Wildman–Crippen MR) is 30.5 cm³/mol. The van der Waals surface area contributed by atoms with Crippen LogP contribution < -0.4 is 0 Å². The molecule has 0 saturated carbocycles. The van der Waals surface area contributed by atoms with Gasteiger partial charge in [-0.15, -0.1) is 0 Å². The Morgan fingerprint density at radius 3 is 2.00 bits per heavy atom. The van der Waals surface area contributed by atoms with Crippen LogP contribution in [-0.4, -0.2) is 15.6 Å². The largest absolute Gasteiger partial charge is 0.421 e. The fraction of sp³-hybridized carbons (Fsp3) is 1.00. The second-order valence-corrected chi connectivity index (χ2v) is 3.93. The van der Waals surface area contributed by atoms with Crippen LogP contribution in [0.1, 0.15) is 6.92 Å². The average Bonchev–Trinajstić information content (AvgIpc) is 1.35. The Hall–Kier alpha value is 0.177. The normalized spacial score (nSPS) is 10.0. The molecule has 0 saturated heterocycles. The van der Waals surface area contributed by atoms with E-state index in [4.69, 9.17) is 4.43 Å². The summed E-state index contributed by atoms with van der Waals surface area (Å²) in [7, 11) is -0.671. The van der Waals surface area contributed by atoms with Gasteiger partial charge in [0.05, 0.1) is 0 Å². The molecule has 0 aromatic rings. The molecule has 1 nitrogen and oxygen atoms in total. The third-order valence-corrected chi connectivity index (χ3v) is 1.50. The van der Waals surface area contributed by atoms with Gasteiger partial charge in [0.1, 0.15) is 0 Å². The summed E-state index contributed by atoms with van der Waals surface area (Å²) in [5.41, 5.74) is 0. The van der Waals surface area contributed by atoms with Gasteiger partial charge in [-0.2, -0.15) is 0 Å². The Balaban J connectivity index is 2.63. The monoisotopic (exact) mass is 104 g/mol. The van der Waals surface area contributed by atoms with Gasteiger partial charge in [0.2, 0.25) is 0 Å². The minimum atomic E-state index is -0.671. The lowest BCUT2D eigenvalue weighted by Crippen LogP contribution is -2.05. The Labute approximate surface area is 41.0 Å². The first-order valence-corrected chi connectivity index (χ1v) is 5.17. The maximum atomic E-state index is 5.18. The van der Waals surface area contributed by atoms with Crippen molar-refractivity contribution in [3.8, 4) is 0 Å². The lowest BCUT2D eigenvalue weighted by Gasteiger charge is -1.98. The van der Waals surface area contributed by atoms with E-state index in [2.05, 4.69) is 13.1 Å². The molecule has 0 radical (unpaired) electrons. The van der Waals surface area contributed by atoms with E-state index in [1.165, 1.54) is 0 Å². The van der Waals surface area contributed by atoms with Crippen LogP contribution in [0, 0.1) is 0 Å². The molecule has 0 aliphatic heterocycles. The molecule has 0 unspecified atom stereocenters. The highest BCUT2D eigenvalue weighted by Gasteiger charge is 1.87. The van der Waals surface area contributed by atoms with Gasteiger partial charge in [-0.1, -0.05) is 0 Å². The molecular weight excluding hydrogens is 92.1 g/mol. The van der Waals surface area contributed by atoms with Crippen molar-refractivity contribution in [1.82, 2.24) is 0 Å². The fourth-order valence-electron chi connectivity index (χ4n) is 0.333. The zero-order chi connectivity index (χ0) is 4.99. The van der Waals surface area contributed by atoms with Crippen molar-refractivity contribution < 1.29 is 4.43 Å². The third kappa shape index (κ3) is 4.18. The van der Waals surface area contributed by atoms with Crippen LogP contribution in [0.5, 0.6) is 0 Å². The smallest absolute Gasteiger partial charge is 0.170 e. The second-order valence-electron chi connectivity index (χ2n) is 1.50. The molecule has 0 aliphatic carbocycles. The first kappa shape index (κ1) is 6.18. The lowest BCUT2D eigenvalue weighted by atomic mass is 10.9. The van der Waals surface area contributed by atoms with Gasteiger partial charge in [-0.3, -0.25) is 0 Å². The first-order valence-electron chi connectivity index (χ1n) is 2.39. The summed E-state index contributed by atoms with van der Waals surface area (Å²) < 4.78 is 5.18. The van der Waals surface area contributed by atoms with Gasteiger partial charge in [0.25, 0.3) is 0 Å². The highest BCUT2D eigenvalue weighted by Crippen LogP contribution is 1.79. The Morgan fingerprint density at radius 2 is 2.00 bits per heavy atom. The summed E-state index contributed by atoms with van der Waals surface area (Å²) in [6.45, 7) is 7.27. The molecule has 0 aromatic carbocycles. The maximum Gasteiger partial charge on any atom is 0.170 e. The number of rotatable bonds is 2. The Morgan fingerprint density at radius 1 is 1.50 bits per heavy atom. The molecule has 0 N–H and O–H groups in total. The van der Waals surface area contributed by atoms with Gasteiger partial charge < -0.3 is 4.43 Å². The van der Waals surface area contributed by atoms with E-state index < -0.39 is 9.04 Å². The molecule has 2 heteroatoms. The van der Waals surface area contributed by atoms with Crippen LogP contribution in [0.3, 0.4) is 0 Å². The molecule has 0 amide bonds. The van der Waals surface area contributed by atoms with Crippen molar-refractivity contribution in [2.75, 3.05) is 6.61 Å². The maximum absolute atomic E-state index is 5.18. The van der Waals surface area contributed by atoms with E-state index in [1.54, 1.807) is 0 Å². The molecule has 38 valence electrons. The molecule has 0 bridgehead atoms. The minimum Gasteiger partial charge on any atom is -0.421 e. The molecule has 0 heterocycles. The van der Waals surface area contributed by atoms with E-state index in [0.29, 0.717) is 0 Å². The summed E-state index contributed by atoms with van der Waals surface area (Å²) in [5, 5.41) is 0. The predicted octanol–water partition coefficient (Wildman–Crippen LogP) is 1.01. The molecule has 6 heavy (non-hydrogen) atoms. The molecule has 0 fully saturated rings. The van der Waals surface area contributed by atoms with E-state index in [1.807, 2.05) is 6.92 Å². The van der Waals surface area contributed by atoms with Crippen molar-refractivity contribution in [2.45, 2.75) is 20.0 Å². The topological polar surface area (TPSA) is 9.23 Å². The summed E-state index contributed by atoms with van der Waals surface area (Å²) in [5.74, 6) is 0. The van der Waals surface area contributed by atoms with Gasteiger partial charge in [-0.25, -0.2) is 0 Å². The minimum absolute atomic E-state index is 0.671. The van der Waals surface area contributed by atoms with E-state index in [-0.39, 0.29) is 0 Å². The van der Waals surface area contributed by atoms with Gasteiger partial charge in [-0.05, 0) is 20.0 Å². The van der Waals surface area contributed by atoms with Crippen LogP contribution in [-0.2, 0) is 4.43 Å². The molecule has 0 atom stereocenters. The molecule has 0 rings (SSSR count). The van der Waals surface area contributed by atoms with Crippen LogP contribution >= 0.6 is 0 Å². The average molecular weight is 104 g/mol. The van der Waals surface area contributed by atoms with E-state index in [0.717, 1.165) is 6.61 Å². The quantitative estimate of drug-likeness (QED) is 0.475. The molecule has 0 aromatic heterocycles. The van der Waals surface area contributed by atoms with E-state index >= 15 is 0 Å². The SMILES string of the molecule is CCO[SiH](C)C. The van der Waals surface area contributed by atoms with Crippen molar-refractivity contribution in [1.29, 1.82) is 0 Å². The van der Waals surface area contributed by atoms with Crippen LogP contribution in [0.25, 0.3) is 0 Å². The van der Waals surface area contributed by atoms with Crippen LogP contribution in [0.2, 0.25) is 13.1 Å². The van der Waals surface area contributed by atoms with Crippen molar-refractivity contribution in [2.24, 2.45) is 0 Å². The zero-order valence-electron chi connectivity index (χ0n) is 4.69. The highest BCUT2D eigenvalue weighted by molar-refractivity contribution is 6.48.